The van der Waals surface area contributed by atoms with Gasteiger partial charge in [0.15, 0.2) is 11.5 Å². The Morgan fingerprint density at radius 1 is 0.972 bits per heavy atom. The number of hydrogen-bond acceptors (Lipinski definition) is 6. The van der Waals surface area contributed by atoms with Crippen LogP contribution < -0.4 is 14.2 Å². The third-order valence-corrected chi connectivity index (χ3v) is 9.36. The number of carbonyl (C=O) groups excluding carboxylic acids is 2. The van der Waals surface area contributed by atoms with Crippen LogP contribution in [0.5, 0.6) is 17.2 Å². The second-order valence-corrected chi connectivity index (χ2v) is 13.1. The number of aliphatic hydroxyl groups excluding tert-OH is 1. The van der Waals surface area contributed by atoms with Crippen molar-refractivity contribution in [2.45, 2.75) is 99.0 Å². The minimum Gasteiger partial charge on any atom is -0.487 e. The van der Waals surface area contributed by atoms with E-state index >= 15 is 0 Å². The summed E-state index contributed by atoms with van der Waals surface area (Å²) in [5, 5.41) is 10.8. The molecule has 0 bridgehead atoms. The lowest BCUT2D eigenvalue weighted by atomic mass is 9.43. The van der Waals surface area contributed by atoms with E-state index in [0.717, 1.165) is 24.8 Å². The molecule has 0 unspecified atom stereocenters. The molecule has 0 amide bonds. The minimum atomic E-state index is -0.450. The smallest absolute Gasteiger partial charge is 0.313 e. The minimum absolute atomic E-state index is 0.0113. The van der Waals surface area contributed by atoms with Crippen molar-refractivity contribution in [3.05, 3.63) is 17.7 Å². The molecule has 1 N–H and O–H groups in total. The van der Waals surface area contributed by atoms with E-state index in [4.69, 9.17) is 14.2 Å². The van der Waals surface area contributed by atoms with Crippen LogP contribution >= 0.6 is 0 Å². The number of aliphatic hydroxyl groups is 1. The van der Waals surface area contributed by atoms with Crippen LogP contribution in [0.25, 0.3) is 0 Å². The first-order valence-corrected chi connectivity index (χ1v) is 13.6. The molecule has 6 nitrogen and oxygen atoms in total. The van der Waals surface area contributed by atoms with E-state index in [0.29, 0.717) is 11.7 Å². The van der Waals surface area contributed by atoms with Gasteiger partial charge in [-0.1, -0.05) is 54.9 Å². The number of esters is 2. The number of benzene rings is 1. The lowest BCUT2D eigenvalue weighted by Crippen LogP contribution is -2.63. The molecule has 0 radical (unpaired) electrons. The SMILES string of the molecule is CC(C)C(=O)Oc1cc2c(cc1OC(=O)C(C)C)[C@@H](CO)[C@@H]1[C@@]3(C)CCCC(C)(C)[C@@H]3CC[C@]1(C)O2. The topological polar surface area (TPSA) is 82.1 Å². The molecule has 2 saturated carbocycles. The summed E-state index contributed by atoms with van der Waals surface area (Å²) in [6, 6.07) is 3.45. The van der Waals surface area contributed by atoms with Crippen molar-refractivity contribution in [3.8, 4) is 17.2 Å². The molecule has 200 valence electrons. The Morgan fingerprint density at radius 2 is 1.56 bits per heavy atom. The normalized spacial score (nSPS) is 32.7. The van der Waals surface area contributed by atoms with E-state index in [9.17, 15) is 14.7 Å². The zero-order chi connectivity index (χ0) is 26.6. The van der Waals surface area contributed by atoms with Crippen LogP contribution in [0.4, 0.5) is 0 Å². The van der Waals surface area contributed by atoms with Gasteiger partial charge in [0.1, 0.15) is 11.4 Å². The Kier molecular flexibility index (Phi) is 7.00. The second-order valence-electron chi connectivity index (χ2n) is 13.1. The molecule has 4 rings (SSSR count). The molecule has 1 aromatic rings. The first-order chi connectivity index (χ1) is 16.7. The standard InChI is InChI=1S/C30H44O6/c1-17(2)26(32)34-22-14-19-20(16-31)25-29(7)12-9-11-28(5,6)24(29)10-13-30(25,8)36-21(19)15-23(22)35-27(33)18(3)4/h14-15,17-18,20,24-25,31H,9-13,16H2,1-8H3/t20-,24+,25-,29+,30+/m1/s1. The molecule has 6 heteroatoms. The summed E-state index contributed by atoms with van der Waals surface area (Å²) in [4.78, 5) is 25.0. The first kappa shape index (κ1) is 27.0. The Balaban J connectivity index is 1.83. The van der Waals surface area contributed by atoms with Gasteiger partial charge in [-0.2, -0.15) is 0 Å². The van der Waals surface area contributed by atoms with Gasteiger partial charge in [0.05, 0.1) is 18.4 Å². The lowest BCUT2D eigenvalue weighted by Gasteiger charge is -2.65. The summed E-state index contributed by atoms with van der Waals surface area (Å²) < 4.78 is 18.2. The molecule has 36 heavy (non-hydrogen) atoms. The van der Waals surface area contributed by atoms with Gasteiger partial charge in [-0.25, -0.2) is 0 Å². The van der Waals surface area contributed by atoms with Gasteiger partial charge in [-0.05, 0) is 55.4 Å². The third-order valence-electron chi connectivity index (χ3n) is 9.36. The molecule has 1 heterocycles. The van der Waals surface area contributed by atoms with Crippen LogP contribution in [0.1, 0.15) is 99.0 Å². The van der Waals surface area contributed by atoms with Crippen molar-refractivity contribution in [2.24, 2.45) is 34.5 Å². The maximum absolute atomic E-state index is 12.5. The lowest BCUT2D eigenvalue weighted by molar-refractivity contribution is -0.176. The van der Waals surface area contributed by atoms with Crippen LogP contribution in [0, 0.1) is 34.5 Å². The van der Waals surface area contributed by atoms with Crippen molar-refractivity contribution in [3.63, 3.8) is 0 Å². The van der Waals surface area contributed by atoms with Gasteiger partial charge in [-0.15, -0.1) is 0 Å². The van der Waals surface area contributed by atoms with Crippen molar-refractivity contribution >= 4 is 11.9 Å². The summed E-state index contributed by atoms with van der Waals surface area (Å²) in [5.41, 5.74) is 0.619. The molecule has 2 aliphatic carbocycles. The number of hydrogen-bond donors (Lipinski definition) is 1. The highest BCUT2D eigenvalue weighted by Crippen LogP contribution is 2.67. The van der Waals surface area contributed by atoms with E-state index < -0.39 is 17.5 Å². The highest BCUT2D eigenvalue weighted by molar-refractivity contribution is 5.78. The monoisotopic (exact) mass is 500 g/mol. The van der Waals surface area contributed by atoms with Gasteiger partial charge >= 0.3 is 11.9 Å². The van der Waals surface area contributed by atoms with E-state index in [1.807, 2.05) is 0 Å². The second kappa shape index (κ2) is 9.34. The Hall–Kier alpha value is -2.08. The molecular formula is C30H44O6. The van der Waals surface area contributed by atoms with Gasteiger partial charge in [0, 0.05) is 23.5 Å². The average Bonchev–Trinajstić information content (AvgIpc) is 2.77. The predicted octanol–water partition coefficient (Wildman–Crippen LogP) is 6.28. The summed E-state index contributed by atoms with van der Waals surface area (Å²) in [6.07, 6.45) is 5.48. The van der Waals surface area contributed by atoms with E-state index in [1.54, 1.807) is 39.8 Å². The van der Waals surface area contributed by atoms with Crippen LogP contribution in [0.3, 0.4) is 0 Å². The van der Waals surface area contributed by atoms with Crippen LogP contribution in [-0.2, 0) is 9.59 Å². The highest BCUT2D eigenvalue weighted by Gasteiger charge is 2.63. The van der Waals surface area contributed by atoms with E-state index in [2.05, 4.69) is 27.7 Å². The number of carbonyl (C=O) groups is 2. The summed E-state index contributed by atoms with van der Waals surface area (Å²) in [7, 11) is 0. The van der Waals surface area contributed by atoms with Crippen molar-refractivity contribution < 1.29 is 28.9 Å². The van der Waals surface area contributed by atoms with Gasteiger partial charge in [0.2, 0.25) is 0 Å². The largest absolute Gasteiger partial charge is 0.487 e. The zero-order valence-corrected chi connectivity index (χ0v) is 23.3. The van der Waals surface area contributed by atoms with Crippen molar-refractivity contribution in [1.29, 1.82) is 0 Å². The molecule has 0 saturated heterocycles. The van der Waals surface area contributed by atoms with Crippen LogP contribution in [0.15, 0.2) is 12.1 Å². The fourth-order valence-corrected chi connectivity index (χ4v) is 7.72. The Morgan fingerprint density at radius 3 is 2.11 bits per heavy atom. The third kappa shape index (κ3) is 4.44. The molecule has 0 spiro atoms. The summed E-state index contributed by atoms with van der Waals surface area (Å²) in [5.74, 6) is -0.0393. The number of fused-ring (bicyclic) bond motifs is 4. The quantitative estimate of drug-likeness (QED) is 0.379. The van der Waals surface area contributed by atoms with Crippen molar-refractivity contribution in [2.75, 3.05) is 6.61 Å². The van der Waals surface area contributed by atoms with Gasteiger partial charge in [0.25, 0.3) is 0 Å². The molecule has 5 atom stereocenters. The first-order valence-electron chi connectivity index (χ1n) is 13.6. The fraction of sp³-hybridized carbons (Fsp3) is 0.733. The molecule has 1 aliphatic heterocycles. The van der Waals surface area contributed by atoms with Gasteiger partial charge in [-0.3, -0.25) is 9.59 Å². The van der Waals surface area contributed by atoms with E-state index in [1.165, 1.54) is 12.8 Å². The van der Waals surface area contributed by atoms with Gasteiger partial charge < -0.3 is 19.3 Å². The number of ether oxygens (including phenoxy) is 3. The Bertz CT molecular complexity index is 1030. The average molecular weight is 501 g/mol. The van der Waals surface area contributed by atoms with Crippen molar-refractivity contribution in [1.82, 2.24) is 0 Å². The Labute approximate surface area is 216 Å². The number of rotatable bonds is 5. The van der Waals surface area contributed by atoms with Crippen LogP contribution in [0.2, 0.25) is 0 Å². The van der Waals surface area contributed by atoms with E-state index in [-0.39, 0.29) is 52.6 Å². The molecule has 3 aliphatic rings. The zero-order valence-electron chi connectivity index (χ0n) is 23.3. The maximum Gasteiger partial charge on any atom is 0.313 e. The maximum atomic E-state index is 12.5. The molecule has 2 fully saturated rings. The molecular weight excluding hydrogens is 456 g/mol. The predicted molar refractivity (Wildman–Crippen MR) is 138 cm³/mol. The fourth-order valence-electron chi connectivity index (χ4n) is 7.72. The molecule has 0 aromatic heterocycles. The van der Waals surface area contributed by atoms with Crippen LogP contribution in [-0.4, -0.2) is 29.3 Å². The highest BCUT2D eigenvalue weighted by atomic mass is 16.6. The summed E-state index contributed by atoms with van der Waals surface area (Å²) in [6.45, 7) is 16.4. The molecule has 1 aromatic carbocycles. The summed E-state index contributed by atoms with van der Waals surface area (Å²) >= 11 is 0.